The lowest BCUT2D eigenvalue weighted by atomic mass is 10.2. The Bertz CT molecular complexity index is 378. The highest BCUT2D eigenvalue weighted by molar-refractivity contribution is 5.79. The van der Waals surface area contributed by atoms with Gasteiger partial charge in [-0.25, -0.2) is 4.79 Å². The van der Waals surface area contributed by atoms with Gasteiger partial charge in [0, 0.05) is 38.8 Å². The first-order valence-corrected chi connectivity index (χ1v) is 8.85. The highest BCUT2D eigenvalue weighted by Gasteiger charge is 2.15. The first-order valence-electron chi connectivity index (χ1n) is 8.85. The van der Waals surface area contributed by atoms with Crippen molar-refractivity contribution >= 4 is 12.1 Å². The summed E-state index contributed by atoms with van der Waals surface area (Å²) in [5.41, 5.74) is -0.465. The van der Waals surface area contributed by atoms with E-state index in [1.54, 1.807) is 0 Å². The Hall–Kier alpha value is -1.50. The third-order valence-corrected chi connectivity index (χ3v) is 3.26. The maximum Gasteiger partial charge on any atom is 0.407 e. The zero-order valence-electron chi connectivity index (χ0n) is 16.5. The summed E-state index contributed by atoms with van der Waals surface area (Å²) >= 11 is 0. The van der Waals surface area contributed by atoms with E-state index in [-0.39, 0.29) is 6.09 Å². The van der Waals surface area contributed by atoms with Crippen molar-refractivity contribution in [3.05, 3.63) is 0 Å². The quantitative estimate of drug-likeness (QED) is 0.338. The molecule has 3 N–H and O–H groups in total. The van der Waals surface area contributed by atoms with E-state index in [4.69, 9.17) is 4.74 Å². The first kappa shape index (κ1) is 22.5. The summed E-state index contributed by atoms with van der Waals surface area (Å²) in [6, 6.07) is 0.533. The average Bonchev–Trinajstić information content (AvgIpc) is 2.44. The van der Waals surface area contributed by atoms with Gasteiger partial charge in [0.05, 0.1) is 0 Å². The maximum absolute atomic E-state index is 11.5. The van der Waals surface area contributed by atoms with Gasteiger partial charge in [-0.2, -0.15) is 0 Å². The van der Waals surface area contributed by atoms with Crippen molar-refractivity contribution in [1.29, 1.82) is 0 Å². The van der Waals surface area contributed by atoms with Gasteiger partial charge in [0.15, 0.2) is 5.96 Å². The molecule has 0 aliphatic heterocycles. The zero-order valence-corrected chi connectivity index (χ0v) is 16.5. The number of alkyl carbamates (subject to hydrolysis) is 1. The smallest absolute Gasteiger partial charge is 0.407 e. The fourth-order valence-corrected chi connectivity index (χ4v) is 1.73. The standard InChI is InChI=1S/C17H37N5O2/c1-8-18-15(20-12-13-22(7)14(2)3)19-10-9-11-21-16(23)24-17(4,5)6/h14H,8-13H2,1-7H3,(H,21,23)(H2,18,19,20). The number of nitrogens with zero attached hydrogens (tertiary/aromatic N) is 2. The minimum atomic E-state index is -0.465. The lowest BCUT2D eigenvalue weighted by molar-refractivity contribution is 0.0527. The van der Waals surface area contributed by atoms with E-state index in [0.29, 0.717) is 19.1 Å². The van der Waals surface area contributed by atoms with E-state index in [2.05, 4.69) is 46.7 Å². The third kappa shape index (κ3) is 13.0. The number of hydrogen-bond acceptors (Lipinski definition) is 4. The Morgan fingerprint density at radius 1 is 1.17 bits per heavy atom. The van der Waals surface area contributed by atoms with Crippen molar-refractivity contribution in [2.24, 2.45) is 4.99 Å². The van der Waals surface area contributed by atoms with Crippen LogP contribution in [0.4, 0.5) is 4.79 Å². The molecular weight excluding hydrogens is 306 g/mol. The summed E-state index contributed by atoms with van der Waals surface area (Å²) < 4.78 is 5.18. The van der Waals surface area contributed by atoms with E-state index >= 15 is 0 Å². The van der Waals surface area contributed by atoms with Crippen molar-refractivity contribution in [3.63, 3.8) is 0 Å². The van der Waals surface area contributed by atoms with Crippen molar-refractivity contribution < 1.29 is 9.53 Å². The van der Waals surface area contributed by atoms with Crippen LogP contribution < -0.4 is 16.0 Å². The van der Waals surface area contributed by atoms with E-state index < -0.39 is 5.60 Å². The van der Waals surface area contributed by atoms with Gasteiger partial charge in [-0.05, 0) is 55.0 Å². The van der Waals surface area contributed by atoms with Crippen LogP contribution in [0.3, 0.4) is 0 Å². The van der Waals surface area contributed by atoms with E-state index in [9.17, 15) is 4.79 Å². The maximum atomic E-state index is 11.5. The molecule has 0 spiro atoms. The zero-order chi connectivity index (χ0) is 18.6. The highest BCUT2D eigenvalue weighted by Crippen LogP contribution is 2.06. The Kier molecular flexibility index (Phi) is 11.2. The highest BCUT2D eigenvalue weighted by atomic mass is 16.6. The van der Waals surface area contributed by atoms with Crippen LogP contribution in [0.5, 0.6) is 0 Å². The molecule has 0 unspecified atom stereocenters. The molecule has 0 aliphatic rings. The van der Waals surface area contributed by atoms with Crippen LogP contribution in [0, 0.1) is 0 Å². The number of aliphatic imine (C=N–C) groups is 1. The van der Waals surface area contributed by atoms with Crippen molar-refractivity contribution in [2.45, 2.75) is 59.6 Å². The predicted molar refractivity (Wildman–Crippen MR) is 101 cm³/mol. The lowest BCUT2D eigenvalue weighted by Gasteiger charge is -2.21. The number of rotatable bonds is 9. The monoisotopic (exact) mass is 343 g/mol. The summed E-state index contributed by atoms with van der Waals surface area (Å²) in [5, 5.41) is 9.28. The van der Waals surface area contributed by atoms with Gasteiger partial charge in [0.1, 0.15) is 5.60 Å². The molecule has 0 bridgehead atoms. The molecule has 0 saturated heterocycles. The SMILES string of the molecule is CCNC(=NCCCNC(=O)OC(C)(C)C)NCCN(C)C(C)C. The molecule has 1 amide bonds. The number of amides is 1. The molecule has 0 fully saturated rings. The second-order valence-corrected chi connectivity index (χ2v) is 7.04. The fraction of sp³-hybridized carbons (Fsp3) is 0.882. The van der Waals surface area contributed by atoms with E-state index in [0.717, 1.165) is 32.0 Å². The van der Waals surface area contributed by atoms with Crippen molar-refractivity contribution in [1.82, 2.24) is 20.9 Å². The van der Waals surface area contributed by atoms with E-state index in [1.165, 1.54) is 0 Å². The average molecular weight is 344 g/mol. The molecule has 142 valence electrons. The second kappa shape index (κ2) is 11.9. The van der Waals surface area contributed by atoms with Gasteiger partial charge in [-0.3, -0.25) is 4.99 Å². The van der Waals surface area contributed by atoms with E-state index in [1.807, 2.05) is 27.7 Å². The van der Waals surface area contributed by atoms with Crippen LogP contribution in [-0.2, 0) is 4.74 Å². The van der Waals surface area contributed by atoms with Crippen LogP contribution in [0.2, 0.25) is 0 Å². The molecule has 7 heteroatoms. The number of hydrogen-bond donors (Lipinski definition) is 3. The van der Waals surface area contributed by atoms with Crippen LogP contribution in [-0.4, -0.2) is 68.4 Å². The minimum Gasteiger partial charge on any atom is -0.444 e. The molecule has 0 atom stereocenters. The molecule has 0 radical (unpaired) electrons. The van der Waals surface area contributed by atoms with Crippen LogP contribution in [0.15, 0.2) is 4.99 Å². The van der Waals surface area contributed by atoms with Gasteiger partial charge >= 0.3 is 6.09 Å². The Morgan fingerprint density at radius 2 is 1.83 bits per heavy atom. The largest absolute Gasteiger partial charge is 0.444 e. The summed E-state index contributed by atoms with van der Waals surface area (Å²) in [5.74, 6) is 0.812. The van der Waals surface area contributed by atoms with Crippen LogP contribution in [0.25, 0.3) is 0 Å². The number of nitrogens with one attached hydrogen (secondary N) is 3. The molecule has 0 aromatic heterocycles. The molecule has 0 aromatic rings. The fourth-order valence-electron chi connectivity index (χ4n) is 1.73. The predicted octanol–water partition coefficient (Wildman–Crippen LogP) is 1.80. The Balaban J connectivity index is 4.01. The lowest BCUT2D eigenvalue weighted by Crippen LogP contribution is -2.42. The van der Waals surface area contributed by atoms with Gasteiger partial charge in [-0.1, -0.05) is 0 Å². The molecule has 0 aliphatic carbocycles. The number of likely N-dealkylation sites (N-methyl/N-ethyl adjacent to an activating group) is 1. The molecule has 24 heavy (non-hydrogen) atoms. The van der Waals surface area contributed by atoms with Gasteiger partial charge < -0.3 is 25.6 Å². The summed E-state index contributed by atoms with van der Waals surface area (Å²) in [7, 11) is 2.11. The Morgan fingerprint density at radius 3 is 2.38 bits per heavy atom. The molecule has 0 rings (SSSR count). The number of carbonyl (C=O) groups excluding carboxylic acids is 1. The van der Waals surface area contributed by atoms with Crippen molar-refractivity contribution in [3.8, 4) is 0 Å². The minimum absolute atomic E-state index is 0.381. The normalized spacial score (nSPS) is 12.5. The molecular formula is C17H37N5O2. The summed E-state index contributed by atoms with van der Waals surface area (Å²) in [4.78, 5) is 18.3. The molecule has 0 aromatic carbocycles. The number of guanidine groups is 1. The third-order valence-electron chi connectivity index (χ3n) is 3.26. The summed E-state index contributed by atoms with van der Waals surface area (Å²) in [6.07, 6.45) is 0.384. The van der Waals surface area contributed by atoms with Gasteiger partial charge in [0.2, 0.25) is 0 Å². The second-order valence-electron chi connectivity index (χ2n) is 7.04. The van der Waals surface area contributed by atoms with Gasteiger partial charge in [0.25, 0.3) is 0 Å². The topological polar surface area (TPSA) is 78.0 Å². The molecule has 7 nitrogen and oxygen atoms in total. The molecule has 0 saturated carbocycles. The number of ether oxygens (including phenoxy) is 1. The van der Waals surface area contributed by atoms with Gasteiger partial charge in [-0.15, -0.1) is 0 Å². The molecule has 0 heterocycles. The number of carbonyl (C=O) groups is 1. The Labute approximate surface area is 147 Å². The summed E-state index contributed by atoms with van der Waals surface area (Å²) in [6.45, 7) is 15.8. The van der Waals surface area contributed by atoms with Crippen LogP contribution in [0.1, 0.15) is 48.0 Å². The first-order chi connectivity index (χ1) is 11.2. The van der Waals surface area contributed by atoms with Crippen LogP contribution >= 0.6 is 0 Å². The van der Waals surface area contributed by atoms with Crippen molar-refractivity contribution in [2.75, 3.05) is 39.8 Å².